The molecule has 1 aliphatic carbocycles. The van der Waals surface area contributed by atoms with Gasteiger partial charge in [-0.15, -0.1) is 0 Å². The van der Waals surface area contributed by atoms with E-state index in [0.717, 1.165) is 25.7 Å². The Balaban J connectivity index is 2.40. The smallest absolute Gasteiger partial charge is 0.0648 e. The predicted octanol–water partition coefficient (Wildman–Crippen LogP) is 1.52. The van der Waals surface area contributed by atoms with E-state index in [4.69, 9.17) is 0 Å². The van der Waals surface area contributed by atoms with Crippen molar-refractivity contribution in [3.8, 4) is 0 Å². The highest BCUT2D eigenvalue weighted by molar-refractivity contribution is 4.92. The highest BCUT2D eigenvalue weighted by atomic mass is 16.3. The second-order valence-corrected chi connectivity index (χ2v) is 2.61. The molecule has 1 atom stereocenters. The summed E-state index contributed by atoms with van der Waals surface area (Å²) in [6.45, 7) is 2.04. The van der Waals surface area contributed by atoms with Gasteiger partial charge in [-0.25, -0.2) is 0 Å². The Hall–Kier alpha value is -0.0400. The van der Waals surface area contributed by atoms with Crippen LogP contribution in [0.2, 0.25) is 0 Å². The van der Waals surface area contributed by atoms with E-state index in [0.29, 0.717) is 0 Å². The van der Waals surface area contributed by atoms with Gasteiger partial charge in [-0.2, -0.15) is 0 Å². The summed E-state index contributed by atoms with van der Waals surface area (Å²) in [7, 11) is 0. The minimum absolute atomic E-state index is 0.319. The van der Waals surface area contributed by atoms with E-state index in [1.165, 1.54) is 0 Å². The fraction of sp³-hybridized carbons (Fsp3) is 0.857. The first kappa shape index (κ1) is 6.09. The molecule has 0 spiro atoms. The Morgan fingerprint density at radius 3 is 2.75 bits per heavy atom. The van der Waals surface area contributed by atoms with Crippen LogP contribution in [0.3, 0.4) is 0 Å². The van der Waals surface area contributed by atoms with Crippen LogP contribution in [0.4, 0.5) is 0 Å². The summed E-state index contributed by atoms with van der Waals surface area (Å²) in [6, 6.07) is 0. The van der Waals surface area contributed by atoms with E-state index >= 15 is 0 Å². The first-order chi connectivity index (χ1) is 3.77. The van der Waals surface area contributed by atoms with Crippen LogP contribution in [0.1, 0.15) is 32.6 Å². The lowest BCUT2D eigenvalue weighted by atomic mass is 10.00. The van der Waals surface area contributed by atoms with Gasteiger partial charge in [-0.1, -0.05) is 6.92 Å². The molecule has 1 N–H and O–H groups in total. The topological polar surface area (TPSA) is 20.2 Å². The normalized spacial score (nSPS) is 26.2. The SMILES string of the molecule is CCC1(O)C[CH]CC1. The largest absolute Gasteiger partial charge is 0.390 e. The lowest BCUT2D eigenvalue weighted by Crippen LogP contribution is -2.21. The fourth-order valence-electron chi connectivity index (χ4n) is 1.16. The Morgan fingerprint density at radius 2 is 2.50 bits per heavy atom. The van der Waals surface area contributed by atoms with Crippen LogP contribution >= 0.6 is 0 Å². The minimum atomic E-state index is -0.319. The molecule has 1 fully saturated rings. The van der Waals surface area contributed by atoms with E-state index in [-0.39, 0.29) is 5.60 Å². The van der Waals surface area contributed by atoms with Gasteiger partial charge >= 0.3 is 0 Å². The molecule has 1 aliphatic rings. The monoisotopic (exact) mass is 113 g/mol. The van der Waals surface area contributed by atoms with Crippen LogP contribution < -0.4 is 0 Å². The summed E-state index contributed by atoms with van der Waals surface area (Å²) in [4.78, 5) is 0. The van der Waals surface area contributed by atoms with Crippen LogP contribution in [-0.2, 0) is 0 Å². The van der Waals surface area contributed by atoms with Gasteiger partial charge in [0.25, 0.3) is 0 Å². The highest BCUT2D eigenvalue weighted by Crippen LogP contribution is 2.30. The quantitative estimate of drug-likeness (QED) is 0.546. The van der Waals surface area contributed by atoms with Crippen molar-refractivity contribution in [2.75, 3.05) is 0 Å². The van der Waals surface area contributed by atoms with Gasteiger partial charge < -0.3 is 5.11 Å². The summed E-state index contributed by atoms with van der Waals surface area (Å²) in [5, 5.41) is 9.47. The molecule has 0 aromatic carbocycles. The van der Waals surface area contributed by atoms with Gasteiger partial charge in [0.15, 0.2) is 0 Å². The Morgan fingerprint density at radius 1 is 1.75 bits per heavy atom. The van der Waals surface area contributed by atoms with Crippen molar-refractivity contribution in [3.63, 3.8) is 0 Å². The molecule has 0 bridgehead atoms. The van der Waals surface area contributed by atoms with Crippen LogP contribution in [0.15, 0.2) is 0 Å². The molecule has 1 unspecified atom stereocenters. The van der Waals surface area contributed by atoms with Crippen molar-refractivity contribution in [1.29, 1.82) is 0 Å². The molecular formula is C7H13O. The Bertz CT molecular complexity index is 72.5. The average Bonchev–Trinajstić information content (AvgIpc) is 2.17. The third-order valence-electron chi connectivity index (χ3n) is 2.00. The highest BCUT2D eigenvalue weighted by Gasteiger charge is 2.28. The summed E-state index contributed by atoms with van der Waals surface area (Å²) < 4.78 is 0. The lowest BCUT2D eigenvalue weighted by Gasteiger charge is -2.18. The predicted molar refractivity (Wildman–Crippen MR) is 33.4 cm³/mol. The maximum atomic E-state index is 9.47. The van der Waals surface area contributed by atoms with Gasteiger partial charge in [-0.05, 0) is 32.1 Å². The third-order valence-corrected chi connectivity index (χ3v) is 2.00. The first-order valence-corrected chi connectivity index (χ1v) is 3.31. The zero-order valence-corrected chi connectivity index (χ0v) is 5.35. The van der Waals surface area contributed by atoms with Crippen LogP contribution in [0, 0.1) is 6.42 Å². The van der Waals surface area contributed by atoms with Gasteiger partial charge in [0.05, 0.1) is 5.60 Å². The molecule has 0 aliphatic heterocycles. The molecule has 0 heterocycles. The van der Waals surface area contributed by atoms with Gasteiger partial charge in [-0.3, -0.25) is 0 Å². The molecule has 47 valence electrons. The Kier molecular flexibility index (Phi) is 1.57. The second kappa shape index (κ2) is 2.06. The van der Waals surface area contributed by atoms with E-state index in [1.807, 2.05) is 6.92 Å². The molecular weight excluding hydrogens is 100 g/mol. The molecule has 1 heteroatoms. The van der Waals surface area contributed by atoms with E-state index < -0.39 is 0 Å². The van der Waals surface area contributed by atoms with E-state index in [9.17, 15) is 5.11 Å². The van der Waals surface area contributed by atoms with Crippen molar-refractivity contribution in [1.82, 2.24) is 0 Å². The molecule has 0 aromatic heterocycles. The van der Waals surface area contributed by atoms with Crippen LogP contribution in [0.5, 0.6) is 0 Å². The van der Waals surface area contributed by atoms with Crippen molar-refractivity contribution in [3.05, 3.63) is 6.42 Å². The molecule has 0 aromatic rings. The summed E-state index contributed by atoms with van der Waals surface area (Å²) in [5.74, 6) is 0. The van der Waals surface area contributed by atoms with Crippen LogP contribution in [-0.4, -0.2) is 10.7 Å². The van der Waals surface area contributed by atoms with E-state index in [2.05, 4.69) is 6.42 Å². The van der Waals surface area contributed by atoms with Gasteiger partial charge in [0, 0.05) is 0 Å². The Labute approximate surface area is 50.7 Å². The molecule has 0 saturated heterocycles. The van der Waals surface area contributed by atoms with Crippen molar-refractivity contribution >= 4 is 0 Å². The molecule has 0 amide bonds. The molecule has 1 rings (SSSR count). The number of rotatable bonds is 1. The minimum Gasteiger partial charge on any atom is -0.390 e. The van der Waals surface area contributed by atoms with Crippen molar-refractivity contribution in [2.24, 2.45) is 0 Å². The van der Waals surface area contributed by atoms with Gasteiger partial charge in [0.1, 0.15) is 0 Å². The average molecular weight is 113 g/mol. The molecule has 1 nitrogen and oxygen atoms in total. The van der Waals surface area contributed by atoms with E-state index in [1.54, 1.807) is 0 Å². The standard InChI is InChI=1S/C7H13O/c1-2-7(8)5-3-4-6-7/h3,8H,2,4-6H2,1H3. The summed E-state index contributed by atoms with van der Waals surface area (Å²) in [5.41, 5.74) is -0.319. The second-order valence-electron chi connectivity index (χ2n) is 2.61. The van der Waals surface area contributed by atoms with Crippen LogP contribution in [0.25, 0.3) is 0 Å². The maximum absolute atomic E-state index is 9.47. The summed E-state index contributed by atoms with van der Waals surface area (Å²) in [6.07, 6.45) is 6.06. The number of hydrogen-bond acceptors (Lipinski definition) is 1. The zero-order valence-electron chi connectivity index (χ0n) is 5.35. The zero-order chi connectivity index (χ0) is 6.04. The van der Waals surface area contributed by atoms with Crippen molar-refractivity contribution in [2.45, 2.75) is 38.2 Å². The first-order valence-electron chi connectivity index (χ1n) is 3.31. The fourth-order valence-corrected chi connectivity index (χ4v) is 1.16. The molecule has 1 radical (unpaired) electrons. The van der Waals surface area contributed by atoms with Crippen molar-refractivity contribution < 1.29 is 5.11 Å². The lowest BCUT2D eigenvalue weighted by molar-refractivity contribution is 0.0465. The maximum Gasteiger partial charge on any atom is 0.0648 e. The number of aliphatic hydroxyl groups is 1. The molecule has 8 heavy (non-hydrogen) atoms. The number of hydrogen-bond donors (Lipinski definition) is 1. The molecule has 1 saturated carbocycles. The third kappa shape index (κ3) is 1.03. The summed E-state index contributed by atoms with van der Waals surface area (Å²) >= 11 is 0. The van der Waals surface area contributed by atoms with Gasteiger partial charge in [0.2, 0.25) is 0 Å².